The van der Waals surface area contributed by atoms with Gasteiger partial charge in [0.1, 0.15) is 17.3 Å². The Bertz CT molecular complexity index is 441. The van der Waals surface area contributed by atoms with Crippen LogP contribution < -0.4 is 5.32 Å². The van der Waals surface area contributed by atoms with Gasteiger partial charge in [-0.05, 0) is 25.5 Å². The van der Waals surface area contributed by atoms with Crippen LogP contribution in [0.4, 0.5) is 14.5 Å². The second kappa shape index (κ2) is 6.47. The molecule has 0 bridgehead atoms. The lowest BCUT2D eigenvalue weighted by atomic mass is 10.1. The highest BCUT2D eigenvalue weighted by Crippen LogP contribution is 2.21. The molecule has 0 spiro atoms. The molecule has 2 N–H and O–H groups in total. The smallest absolute Gasteiger partial charge is 0.253 e. The van der Waals surface area contributed by atoms with Crippen LogP contribution in [0, 0.1) is 11.6 Å². The zero-order valence-corrected chi connectivity index (χ0v) is 11.2. The molecule has 0 heterocycles. The van der Waals surface area contributed by atoms with Crippen molar-refractivity contribution < 1.29 is 18.7 Å². The summed E-state index contributed by atoms with van der Waals surface area (Å²) in [6.07, 6.45) is -0.127. The molecule has 1 aromatic rings. The monoisotopic (exact) mass is 272 g/mol. The Morgan fingerprint density at radius 2 is 1.95 bits per heavy atom. The van der Waals surface area contributed by atoms with Gasteiger partial charge in [-0.1, -0.05) is 0 Å². The van der Waals surface area contributed by atoms with Gasteiger partial charge >= 0.3 is 0 Å². The van der Waals surface area contributed by atoms with Gasteiger partial charge in [-0.2, -0.15) is 0 Å². The summed E-state index contributed by atoms with van der Waals surface area (Å²) in [4.78, 5) is 13.3. The van der Waals surface area contributed by atoms with E-state index in [0.29, 0.717) is 13.0 Å². The number of aliphatic hydroxyl groups excluding tert-OH is 1. The predicted molar refractivity (Wildman–Crippen MR) is 69.2 cm³/mol. The highest BCUT2D eigenvalue weighted by atomic mass is 19.1. The first-order chi connectivity index (χ1) is 8.86. The Kier molecular flexibility index (Phi) is 5.23. The van der Waals surface area contributed by atoms with Gasteiger partial charge in [0.2, 0.25) is 0 Å². The molecule has 0 aromatic heterocycles. The number of halogens is 2. The van der Waals surface area contributed by atoms with Gasteiger partial charge in [0.15, 0.2) is 0 Å². The number of anilines is 1. The molecule has 106 valence electrons. The van der Waals surface area contributed by atoms with Gasteiger partial charge in [-0.3, -0.25) is 4.79 Å². The number of hydrogen-bond donors (Lipinski definition) is 2. The summed E-state index contributed by atoms with van der Waals surface area (Å²) in [5, 5.41) is 11.5. The quantitative estimate of drug-likeness (QED) is 0.860. The maximum atomic E-state index is 13.5. The van der Waals surface area contributed by atoms with Crippen molar-refractivity contribution in [1.82, 2.24) is 4.90 Å². The van der Waals surface area contributed by atoms with Gasteiger partial charge in [0.25, 0.3) is 5.91 Å². The number of amides is 1. The normalized spacial score (nSPS) is 12.1. The first kappa shape index (κ1) is 15.4. The molecule has 1 aromatic carbocycles. The molecular formula is C13H18F2N2O2. The van der Waals surface area contributed by atoms with Crippen LogP contribution in [-0.2, 0) is 0 Å². The number of nitrogens with zero attached hydrogens (tertiary/aromatic N) is 1. The van der Waals surface area contributed by atoms with E-state index in [2.05, 4.69) is 5.32 Å². The molecule has 0 radical (unpaired) electrons. The van der Waals surface area contributed by atoms with Crippen LogP contribution in [0.3, 0.4) is 0 Å². The standard InChI is InChI=1S/C13H18F2N2O2/c1-8(18)4-5-17(3)13(19)9-6-10(14)12(16-2)11(15)7-9/h6-8,16,18H,4-5H2,1-3H3. The van der Waals surface area contributed by atoms with Crippen molar-refractivity contribution in [3.05, 3.63) is 29.3 Å². The van der Waals surface area contributed by atoms with Gasteiger partial charge in [0.05, 0.1) is 6.10 Å². The molecular weight excluding hydrogens is 254 g/mol. The van der Waals surface area contributed by atoms with E-state index in [0.717, 1.165) is 12.1 Å². The lowest BCUT2D eigenvalue weighted by Gasteiger charge is -2.18. The number of nitrogens with one attached hydrogen (secondary N) is 1. The number of benzene rings is 1. The highest BCUT2D eigenvalue weighted by Gasteiger charge is 2.17. The van der Waals surface area contributed by atoms with Crippen molar-refractivity contribution in [2.24, 2.45) is 0 Å². The summed E-state index contributed by atoms with van der Waals surface area (Å²) >= 11 is 0. The molecule has 4 nitrogen and oxygen atoms in total. The van der Waals surface area contributed by atoms with Crippen LogP contribution in [0.25, 0.3) is 0 Å². The van der Waals surface area contributed by atoms with Crippen LogP contribution >= 0.6 is 0 Å². The number of hydrogen-bond acceptors (Lipinski definition) is 3. The minimum atomic E-state index is -0.810. The first-order valence-electron chi connectivity index (χ1n) is 5.97. The molecule has 19 heavy (non-hydrogen) atoms. The van der Waals surface area contributed by atoms with Gasteiger partial charge in [-0.15, -0.1) is 0 Å². The highest BCUT2D eigenvalue weighted by molar-refractivity contribution is 5.94. The Hall–Kier alpha value is -1.69. The Labute approximate surface area is 111 Å². The molecule has 1 amide bonds. The molecule has 0 saturated carbocycles. The summed E-state index contributed by atoms with van der Waals surface area (Å²) in [6.45, 7) is 1.92. The van der Waals surface area contributed by atoms with E-state index < -0.39 is 23.6 Å². The Morgan fingerprint density at radius 1 is 1.42 bits per heavy atom. The minimum absolute atomic E-state index is 0.0536. The maximum absolute atomic E-state index is 13.5. The average molecular weight is 272 g/mol. The predicted octanol–water partition coefficient (Wildman–Crippen LogP) is 1.85. The number of aliphatic hydroxyl groups is 1. The minimum Gasteiger partial charge on any atom is -0.393 e. The first-order valence-corrected chi connectivity index (χ1v) is 5.97. The van der Waals surface area contributed by atoms with Gasteiger partial charge in [0, 0.05) is 26.2 Å². The van der Waals surface area contributed by atoms with Crippen molar-refractivity contribution >= 4 is 11.6 Å². The molecule has 1 unspecified atom stereocenters. The molecule has 6 heteroatoms. The second-order valence-corrected chi connectivity index (χ2v) is 4.43. The van der Waals surface area contributed by atoms with Crippen LogP contribution in [0.1, 0.15) is 23.7 Å². The van der Waals surface area contributed by atoms with Crippen molar-refractivity contribution in [3.63, 3.8) is 0 Å². The fraction of sp³-hybridized carbons (Fsp3) is 0.462. The lowest BCUT2D eigenvalue weighted by molar-refractivity contribution is 0.0768. The van der Waals surface area contributed by atoms with Gasteiger partial charge < -0.3 is 15.3 Å². The fourth-order valence-electron chi connectivity index (χ4n) is 1.64. The number of carbonyl (C=O) groups is 1. The third-order valence-corrected chi connectivity index (χ3v) is 2.77. The summed E-state index contributed by atoms with van der Waals surface area (Å²) in [5.74, 6) is -2.11. The fourth-order valence-corrected chi connectivity index (χ4v) is 1.64. The van der Waals surface area contributed by atoms with Gasteiger partial charge in [-0.25, -0.2) is 8.78 Å². The molecule has 0 aliphatic carbocycles. The average Bonchev–Trinajstić information content (AvgIpc) is 2.34. The largest absolute Gasteiger partial charge is 0.393 e. The van der Waals surface area contributed by atoms with E-state index in [1.807, 2.05) is 0 Å². The zero-order chi connectivity index (χ0) is 14.6. The van der Waals surface area contributed by atoms with E-state index in [1.54, 1.807) is 6.92 Å². The van der Waals surface area contributed by atoms with E-state index in [1.165, 1.54) is 19.0 Å². The number of rotatable bonds is 5. The number of carbonyl (C=O) groups excluding carboxylic acids is 1. The van der Waals surface area contributed by atoms with Crippen LogP contribution in [0.5, 0.6) is 0 Å². The van der Waals surface area contributed by atoms with E-state index in [9.17, 15) is 13.6 Å². The second-order valence-electron chi connectivity index (χ2n) is 4.43. The molecule has 0 aliphatic heterocycles. The topological polar surface area (TPSA) is 52.6 Å². The van der Waals surface area contributed by atoms with Crippen molar-refractivity contribution in [2.75, 3.05) is 26.0 Å². The third-order valence-electron chi connectivity index (χ3n) is 2.77. The molecule has 1 atom stereocenters. The Morgan fingerprint density at radius 3 is 2.37 bits per heavy atom. The van der Waals surface area contributed by atoms with Crippen molar-refractivity contribution in [1.29, 1.82) is 0 Å². The van der Waals surface area contributed by atoms with Crippen LogP contribution in [-0.4, -0.2) is 42.7 Å². The summed E-state index contributed by atoms with van der Waals surface area (Å²) in [6, 6.07) is 1.99. The van der Waals surface area contributed by atoms with Crippen LogP contribution in [0.15, 0.2) is 12.1 Å². The van der Waals surface area contributed by atoms with E-state index >= 15 is 0 Å². The van der Waals surface area contributed by atoms with Crippen LogP contribution in [0.2, 0.25) is 0 Å². The van der Waals surface area contributed by atoms with E-state index in [4.69, 9.17) is 5.11 Å². The van der Waals surface area contributed by atoms with Crippen molar-refractivity contribution in [3.8, 4) is 0 Å². The molecule has 0 fully saturated rings. The molecule has 1 rings (SSSR count). The Balaban J connectivity index is 2.88. The summed E-state index contributed by atoms with van der Waals surface area (Å²) in [7, 11) is 2.92. The molecule has 0 aliphatic rings. The summed E-state index contributed by atoms with van der Waals surface area (Å²) in [5.41, 5.74) is -0.315. The third kappa shape index (κ3) is 3.89. The SMILES string of the molecule is CNc1c(F)cc(C(=O)N(C)CCC(C)O)cc1F. The van der Waals surface area contributed by atoms with Crippen molar-refractivity contribution in [2.45, 2.75) is 19.4 Å². The lowest BCUT2D eigenvalue weighted by Crippen LogP contribution is -2.29. The zero-order valence-electron chi connectivity index (χ0n) is 11.2. The summed E-state index contributed by atoms with van der Waals surface area (Å²) < 4.78 is 27.1. The molecule has 0 saturated heterocycles. The maximum Gasteiger partial charge on any atom is 0.253 e. The van der Waals surface area contributed by atoms with E-state index in [-0.39, 0.29) is 11.3 Å².